The van der Waals surface area contributed by atoms with Crippen LogP contribution >= 0.6 is 15.9 Å². The minimum atomic E-state index is -0.236. The van der Waals surface area contributed by atoms with Crippen molar-refractivity contribution in [1.82, 2.24) is 4.98 Å². The highest BCUT2D eigenvalue weighted by molar-refractivity contribution is 9.10. The molecule has 0 aliphatic rings. The van der Waals surface area contributed by atoms with Crippen LogP contribution in [0.15, 0.2) is 34.9 Å². The van der Waals surface area contributed by atoms with E-state index in [0.29, 0.717) is 17.1 Å². The van der Waals surface area contributed by atoms with Gasteiger partial charge in [0.05, 0.1) is 12.7 Å². The summed E-state index contributed by atoms with van der Waals surface area (Å²) in [6.07, 6.45) is 1.63. The lowest BCUT2D eigenvalue weighted by molar-refractivity contribution is 0.102. The number of carbonyl (C=O) groups excluding carboxylic acids is 1. The van der Waals surface area contributed by atoms with Crippen molar-refractivity contribution < 1.29 is 9.53 Å². The van der Waals surface area contributed by atoms with E-state index in [2.05, 4.69) is 26.2 Å². The molecule has 0 spiro atoms. The molecule has 0 unspecified atom stereocenters. The molecule has 0 aliphatic carbocycles. The lowest BCUT2D eigenvalue weighted by atomic mass is 10.0. The van der Waals surface area contributed by atoms with Gasteiger partial charge in [0.25, 0.3) is 5.91 Å². The number of ether oxygens (including phenoxy) is 1. The van der Waals surface area contributed by atoms with Gasteiger partial charge in [-0.05, 0) is 65.2 Å². The van der Waals surface area contributed by atoms with E-state index in [1.807, 2.05) is 32.0 Å². The highest BCUT2D eigenvalue weighted by atomic mass is 79.9. The van der Waals surface area contributed by atoms with Crippen LogP contribution < -0.4 is 10.1 Å². The molecular weight excluding hydrogens is 320 g/mol. The molecule has 4 nitrogen and oxygen atoms in total. The van der Waals surface area contributed by atoms with Gasteiger partial charge in [-0.15, -0.1) is 0 Å². The summed E-state index contributed by atoms with van der Waals surface area (Å²) in [7, 11) is 1.55. The van der Waals surface area contributed by atoms with Crippen LogP contribution in [0.3, 0.4) is 0 Å². The highest BCUT2D eigenvalue weighted by Gasteiger charge is 2.14. The van der Waals surface area contributed by atoms with Crippen LogP contribution in [-0.2, 0) is 0 Å². The van der Waals surface area contributed by atoms with Crippen molar-refractivity contribution in [3.63, 3.8) is 0 Å². The fraction of sp³-hybridized carbons (Fsp3) is 0.200. The van der Waals surface area contributed by atoms with Gasteiger partial charge in [0, 0.05) is 10.7 Å². The molecule has 20 heavy (non-hydrogen) atoms. The Balaban J connectivity index is 2.29. The summed E-state index contributed by atoms with van der Waals surface area (Å²) in [5.41, 5.74) is 2.63. The Hall–Kier alpha value is -1.88. The molecule has 2 rings (SSSR count). The predicted octanol–water partition coefficient (Wildman–Crippen LogP) is 3.72. The summed E-state index contributed by atoms with van der Waals surface area (Å²) in [4.78, 5) is 16.4. The number of nitrogens with one attached hydrogen (secondary N) is 1. The number of amides is 1. The second-order valence-corrected chi connectivity index (χ2v) is 5.37. The van der Waals surface area contributed by atoms with E-state index in [-0.39, 0.29) is 5.91 Å². The molecule has 1 amide bonds. The molecule has 0 radical (unpaired) electrons. The number of anilines is 1. The molecule has 1 N–H and O–H groups in total. The summed E-state index contributed by atoms with van der Waals surface area (Å²) in [5.74, 6) is 0.820. The van der Waals surface area contributed by atoms with Gasteiger partial charge in [-0.2, -0.15) is 0 Å². The SMILES string of the molecule is COc1cc(C)c(C)cc1C(=O)Nc1ccc(Br)cn1. The first-order valence-corrected chi connectivity index (χ1v) is 6.88. The number of aryl methyl sites for hydroxylation is 2. The molecule has 0 bridgehead atoms. The normalized spacial score (nSPS) is 10.2. The van der Waals surface area contributed by atoms with Crippen molar-refractivity contribution in [3.8, 4) is 5.75 Å². The minimum absolute atomic E-state index is 0.236. The number of pyridine rings is 1. The third-order valence-corrected chi connectivity index (χ3v) is 3.50. The molecule has 1 aromatic heterocycles. The molecule has 104 valence electrons. The quantitative estimate of drug-likeness (QED) is 0.930. The number of rotatable bonds is 3. The molecule has 0 fully saturated rings. The number of hydrogen-bond acceptors (Lipinski definition) is 3. The zero-order valence-corrected chi connectivity index (χ0v) is 13.1. The van der Waals surface area contributed by atoms with Crippen molar-refractivity contribution in [3.05, 3.63) is 51.6 Å². The van der Waals surface area contributed by atoms with Gasteiger partial charge < -0.3 is 10.1 Å². The molecule has 0 atom stereocenters. The zero-order valence-electron chi connectivity index (χ0n) is 11.5. The van der Waals surface area contributed by atoms with E-state index in [1.165, 1.54) is 0 Å². The van der Waals surface area contributed by atoms with Crippen LogP contribution in [0, 0.1) is 13.8 Å². The number of hydrogen-bond donors (Lipinski definition) is 1. The summed E-state index contributed by atoms with van der Waals surface area (Å²) in [5, 5.41) is 2.76. The van der Waals surface area contributed by atoms with Crippen LogP contribution in [0.2, 0.25) is 0 Å². The van der Waals surface area contributed by atoms with E-state index >= 15 is 0 Å². The number of aromatic nitrogens is 1. The summed E-state index contributed by atoms with van der Waals surface area (Å²) in [6, 6.07) is 7.23. The largest absolute Gasteiger partial charge is 0.496 e. The maximum Gasteiger partial charge on any atom is 0.260 e. The Bertz CT molecular complexity index is 639. The van der Waals surface area contributed by atoms with Crippen molar-refractivity contribution in [2.45, 2.75) is 13.8 Å². The number of carbonyl (C=O) groups is 1. The van der Waals surface area contributed by atoms with Crippen molar-refractivity contribution >= 4 is 27.7 Å². The van der Waals surface area contributed by atoms with Crippen molar-refractivity contribution in [2.24, 2.45) is 0 Å². The first-order chi connectivity index (χ1) is 9.51. The van der Waals surface area contributed by atoms with Crippen LogP contribution in [0.5, 0.6) is 5.75 Å². The predicted molar refractivity (Wildman–Crippen MR) is 82.4 cm³/mol. The van der Waals surface area contributed by atoms with Crippen LogP contribution in [0.1, 0.15) is 21.5 Å². The third-order valence-electron chi connectivity index (χ3n) is 3.03. The molecule has 1 heterocycles. The Morgan fingerprint density at radius 1 is 1.25 bits per heavy atom. The fourth-order valence-corrected chi connectivity index (χ4v) is 2.00. The van der Waals surface area contributed by atoms with E-state index in [9.17, 15) is 4.79 Å². The summed E-state index contributed by atoms with van der Waals surface area (Å²) < 4.78 is 6.13. The van der Waals surface area contributed by atoms with E-state index in [0.717, 1.165) is 15.6 Å². The number of nitrogens with zero attached hydrogens (tertiary/aromatic N) is 1. The zero-order chi connectivity index (χ0) is 14.7. The maximum atomic E-state index is 12.3. The Kier molecular flexibility index (Phi) is 4.39. The van der Waals surface area contributed by atoms with E-state index in [1.54, 1.807) is 19.4 Å². The second kappa shape index (κ2) is 6.05. The van der Waals surface area contributed by atoms with Gasteiger partial charge in [0.2, 0.25) is 0 Å². The standard InChI is InChI=1S/C15H15BrN2O2/c1-9-6-12(13(20-3)7-10(9)2)15(19)18-14-5-4-11(16)8-17-14/h4-8H,1-3H3,(H,17,18,19). The average molecular weight is 335 g/mol. The molecule has 0 saturated carbocycles. The number of methoxy groups -OCH3 is 1. The highest BCUT2D eigenvalue weighted by Crippen LogP contribution is 2.24. The second-order valence-electron chi connectivity index (χ2n) is 4.45. The third kappa shape index (κ3) is 3.17. The van der Waals surface area contributed by atoms with Gasteiger partial charge >= 0.3 is 0 Å². The Morgan fingerprint density at radius 3 is 2.55 bits per heavy atom. The first-order valence-electron chi connectivity index (χ1n) is 6.09. The summed E-state index contributed by atoms with van der Waals surface area (Å²) in [6.45, 7) is 3.94. The van der Waals surface area contributed by atoms with Crippen LogP contribution in [0.4, 0.5) is 5.82 Å². The number of halogens is 1. The van der Waals surface area contributed by atoms with Gasteiger partial charge in [0.1, 0.15) is 11.6 Å². The van der Waals surface area contributed by atoms with Gasteiger partial charge in [-0.1, -0.05) is 0 Å². The smallest absolute Gasteiger partial charge is 0.260 e. The monoisotopic (exact) mass is 334 g/mol. The molecular formula is C15H15BrN2O2. The molecule has 0 saturated heterocycles. The maximum absolute atomic E-state index is 12.3. The van der Waals surface area contributed by atoms with Crippen molar-refractivity contribution in [1.29, 1.82) is 0 Å². The number of benzene rings is 1. The fourth-order valence-electron chi connectivity index (χ4n) is 1.77. The van der Waals surface area contributed by atoms with Crippen LogP contribution in [-0.4, -0.2) is 18.0 Å². The lowest BCUT2D eigenvalue weighted by Gasteiger charge is -2.11. The minimum Gasteiger partial charge on any atom is -0.496 e. The Labute approximate surface area is 126 Å². The average Bonchev–Trinajstić information content (AvgIpc) is 2.43. The first kappa shape index (κ1) is 14.5. The van der Waals surface area contributed by atoms with Gasteiger partial charge in [0.15, 0.2) is 0 Å². The van der Waals surface area contributed by atoms with Gasteiger partial charge in [-0.25, -0.2) is 4.98 Å². The summed E-state index contributed by atoms with van der Waals surface area (Å²) >= 11 is 3.30. The van der Waals surface area contributed by atoms with Gasteiger partial charge in [-0.3, -0.25) is 4.79 Å². The molecule has 0 aliphatic heterocycles. The van der Waals surface area contributed by atoms with E-state index in [4.69, 9.17) is 4.74 Å². The topological polar surface area (TPSA) is 51.2 Å². The Morgan fingerprint density at radius 2 is 1.95 bits per heavy atom. The van der Waals surface area contributed by atoms with E-state index < -0.39 is 0 Å². The molecule has 5 heteroatoms. The lowest BCUT2D eigenvalue weighted by Crippen LogP contribution is -2.14. The molecule has 2 aromatic rings. The molecule has 1 aromatic carbocycles. The van der Waals surface area contributed by atoms with Crippen molar-refractivity contribution in [2.75, 3.05) is 12.4 Å². The van der Waals surface area contributed by atoms with Crippen LogP contribution in [0.25, 0.3) is 0 Å².